The summed E-state index contributed by atoms with van der Waals surface area (Å²) in [4.78, 5) is 15.6. The van der Waals surface area contributed by atoms with Crippen LogP contribution < -0.4 is 4.74 Å². The second kappa shape index (κ2) is 6.91. The minimum Gasteiger partial charge on any atom is -0.481 e. The zero-order valence-corrected chi connectivity index (χ0v) is 15.0. The van der Waals surface area contributed by atoms with Crippen LogP contribution in [0.4, 0.5) is 4.39 Å². The highest BCUT2D eigenvalue weighted by Gasteiger charge is 2.44. The number of carboxylic acid groups (broad SMARTS) is 1. The van der Waals surface area contributed by atoms with Crippen LogP contribution in [0.2, 0.25) is 0 Å². The molecule has 0 saturated heterocycles. The highest BCUT2D eigenvalue weighted by atomic mass is 32.1. The smallest absolute Gasteiger partial charge is 0.307 e. The number of carboxylic acids is 1. The predicted molar refractivity (Wildman–Crippen MR) is 98.1 cm³/mol. The normalized spacial score (nSPS) is 23.2. The Kier molecular flexibility index (Phi) is 4.61. The van der Waals surface area contributed by atoms with Crippen LogP contribution in [-0.4, -0.2) is 16.1 Å². The summed E-state index contributed by atoms with van der Waals surface area (Å²) >= 11 is 4.43. The minimum atomic E-state index is -0.830. The van der Waals surface area contributed by atoms with E-state index in [9.17, 15) is 9.18 Å². The van der Waals surface area contributed by atoms with Crippen molar-refractivity contribution in [2.24, 2.45) is 5.92 Å². The maximum absolute atomic E-state index is 14.4. The summed E-state index contributed by atoms with van der Waals surface area (Å²) in [5, 5.41) is 9.00. The molecule has 2 aliphatic rings. The lowest BCUT2D eigenvalue weighted by molar-refractivity contribution is -0.138. The molecule has 1 heterocycles. The number of aliphatic carboxylic acids is 1. The zero-order valence-electron chi connectivity index (χ0n) is 14.1. The van der Waals surface area contributed by atoms with Gasteiger partial charge < -0.3 is 9.84 Å². The Balaban J connectivity index is 1.46. The van der Waals surface area contributed by atoms with Crippen LogP contribution in [0.5, 0.6) is 5.75 Å². The van der Waals surface area contributed by atoms with Gasteiger partial charge in [-0.15, -0.1) is 12.6 Å². The molecule has 1 N–H and O–H groups in total. The number of ether oxygens (including phenoxy) is 1. The molecule has 3 unspecified atom stereocenters. The fourth-order valence-electron chi connectivity index (χ4n) is 3.40. The number of hydrogen-bond acceptors (Lipinski definition) is 4. The molecular weight excluding hydrogens is 353 g/mol. The van der Waals surface area contributed by atoms with Crippen LogP contribution >= 0.6 is 12.6 Å². The third-order valence-electron chi connectivity index (χ3n) is 5.30. The van der Waals surface area contributed by atoms with E-state index in [2.05, 4.69) is 17.6 Å². The SMILES string of the molecule is O=C(O)C1CC1c1ccc(OC(S)c2cccc(C3CCC3)n2)c(F)c1. The molecule has 3 atom stereocenters. The average Bonchev–Trinajstić information content (AvgIpc) is 3.36. The van der Waals surface area contributed by atoms with E-state index in [0.29, 0.717) is 23.6 Å². The molecule has 1 aromatic carbocycles. The summed E-state index contributed by atoms with van der Waals surface area (Å²) in [7, 11) is 0. The third-order valence-corrected chi connectivity index (χ3v) is 5.67. The van der Waals surface area contributed by atoms with Gasteiger partial charge in [-0.2, -0.15) is 0 Å². The first-order chi connectivity index (χ1) is 12.5. The monoisotopic (exact) mass is 373 g/mol. The molecule has 4 nitrogen and oxygen atoms in total. The molecule has 0 bridgehead atoms. The number of benzene rings is 1. The van der Waals surface area contributed by atoms with Crippen LogP contribution in [0.3, 0.4) is 0 Å². The lowest BCUT2D eigenvalue weighted by Gasteiger charge is -2.25. The van der Waals surface area contributed by atoms with Gasteiger partial charge in [0, 0.05) is 11.6 Å². The summed E-state index contributed by atoms with van der Waals surface area (Å²) in [5.41, 5.74) is 1.74. The molecule has 4 rings (SSSR count). The molecule has 0 amide bonds. The van der Waals surface area contributed by atoms with Crippen molar-refractivity contribution >= 4 is 18.6 Å². The van der Waals surface area contributed by atoms with Gasteiger partial charge in [0.05, 0.1) is 11.6 Å². The van der Waals surface area contributed by atoms with Gasteiger partial charge in [-0.3, -0.25) is 9.78 Å². The van der Waals surface area contributed by atoms with Gasteiger partial charge in [0.2, 0.25) is 0 Å². The van der Waals surface area contributed by atoms with E-state index in [-0.39, 0.29) is 11.7 Å². The van der Waals surface area contributed by atoms with E-state index in [1.54, 1.807) is 12.1 Å². The van der Waals surface area contributed by atoms with Crippen LogP contribution in [0.15, 0.2) is 36.4 Å². The number of aromatic nitrogens is 1. The molecule has 0 spiro atoms. The maximum Gasteiger partial charge on any atom is 0.307 e. The number of rotatable bonds is 6. The van der Waals surface area contributed by atoms with Crippen molar-refractivity contribution < 1.29 is 19.0 Å². The Labute approximate surface area is 156 Å². The first-order valence-electron chi connectivity index (χ1n) is 8.87. The van der Waals surface area contributed by atoms with Crippen LogP contribution in [0, 0.1) is 11.7 Å². The maximum atomic E-state index is 14.4. The second-order valence-corrected chi connectivity index (χ2v) is 7.53. The van der Waals surface area contributed by atoms with E-state index >= 15 is 0 Å². The standard InChI is InChI=1S/C20H20FNO3S/c21-15-9-12(13-10-14(13)19(23)24)7-8-18(15)25-20(26)17-6-2-5-16(22-17)11-3-1-4-11/h2,5-9,11,13-14,20,26H,1,3-4,10H2,(H,23,24). The average molecular weight is 373 g/mol. The van der Waals surface area contributed by atoms with Crippen molar-refractivity contribution in [3.63, 3.8) is 0 Å². The first-order valence-corrected chi connectivity index (χ1v) is 9.38. The Bertz CT molecular complexity index is 840. The molecule has 1 aromatic heterocycles. The molecular formula is C20H20FNO3S. The van der Waals surface area contributed by atoms with Gasteiger partial charge >= 0.3 is 5.97 Å². The van der Waals surface area contributed by atoms with Gasteiger partial charge in [0.15, 0.2) is 17.0 Å². The van der Waals surface area contributed by atoms with Crippen molar-refractivity contribution in [1.82, 2.24) is 4.98 Å². The van der Waals surface area contributed by atoms with Crippen LogP contribution in [0.25, 0.3) is 0 Å². The van der Waals surface area contributed by atoms with E-state index < -0.39 is 23.1 Å². The highest BCUT2D eigenvalue weighted by molar-refractivity contribution is 7.80. The van der Waals surface area contributed by atoms with Gasteiger partial charge in [0.25, 0.3) is 0 Å². The van der Waals surface area contributed by atoms with Gasteiger partial charge in [-0.05, 0) is 55.0 Å². The second-order valence-electron chi connectivity index (χ2n) is 7.06. The van der Waals surface area contributed by atoms with E-state index in [4.69, 9.17) is 9.84 Å². The summed E-state index contributed by atoms with van der Waals surface area (Å²) < 4.78 is 20.0. The summed E-state index contributed by atoms with van der Waals surface area (Å²) in [5.74, 6) is -1.25. The number of thiol groups is 1. The molecule has 2 aliphatic carbocycles. The number of halogens is 1. The van der Waals surface area contributed by atoms with Crippen molar-refractivity contribution in [2.45, 2.75) is 43.0 Å². The van der Waals surface area contributed by atoms with Crippen molar-refractivity contribution in [3.05, 3.63) is 59.2 Å². The predicted octanol–water partition coefficient (Wildman–Crippen LogP) is 4.68. The molecule has 0 aliphatic heterocycles. The molecule has 6 heteroatoms. The summed E-state index contributed by atoms with van der Waals surface area (Å²) in [6, 6.07) is 10.4. The van der Waals surface area contributed by atoms with Crippen molar-refractivity contribution in [1.29, 1.82) is 0 Å². The van der Waals surface area contributed by atoms with Gasteiger partial charge in [-0.25, -0.2) is 4.39 Å². The highest BCUT2D eigenvalue weighted by Crippen LogP contribution is 2.48. The Hall–Kier alpha value is -2.08. The zero-order chi connectivity index (χ0) is 18.3. The largest absolute Gasteiger partial charge is 0.481 e. The van der Waals surface area contributed by atoms with Crippen LogP contribution in [0.1, 0.15) is 59.9 Å². The number of carbonyl (C=O) groups is 1. The van der Waals surface area contributed by atoms with E-state index in [1.165, 1.54) is 12.5 Å². The lowest BCUT2D eigenvalue weighted by atomic mass is 9.82. The van der Waals surface area contributed by atoms with Gasteiger partial charge in [0.1, 0.15) is 0 Å². The fourth-order valence-corrected chi connectivity index (χ4v) is 3.66. The lowest BCUT2D eigenvalue weighted by Crippen LogP contribution is -2.13. The fraction of sp³-hybridized carbons (Fsp3) is 0.400. The van der Waals surface area contributed by atoms with Crippen LogP contribution in [-0.2, 0) is 4.79 Å². The molecule has 2 fully saturated rings. The Morgan fingerprint density at radius 3 is 2.73 bits per heavy atom. The number of pyridine rings is 1. The van der Waals surface area contributed by atoms with Gasteiger partial charge in [-0.1, -0.05) is 18.6 Å². The third kappa shape index (κ3) is 3.43. The first kappa shape index (κ1) is 17.3. The van der Waals surface area contributed by atoms with Crippen molar-refractivity contribution in [3.8, 4) is 5.75 Å². The summed E-state index contributed by atoms with van der Waals surface area (Å²) in [6.07, 6.45) is 4.10. The molecule has 2 aromatic rings. The quantitative estimate of drug-likeness (QED) is 0.570. The molecule has 2 saturated carbocycles. The van der Waals surface area contributed by atoms with E-state index in [0.717, 1.165) is 18.5 Å². The topological polar surface area (TPSA) is 59.4 Å². The molecule has 136 valence electrons. The van der Waals surface area contributed by atoms with E-state index in [1.807, 2.05) is 18.2 Å². The number of nitrogens with zero attached hydrogens (tertiary/aromatic N) is 1. The summed E-state index contributed by atoms with van der Waals surface area (Å²) in [6.45, 7) is 0. The van der Waals surface area contributed by atoms with Crippen molar-refractivity contribution in [2.75, 3.05) is 0 Å². The Morgan fingerprint density at radius 2 is 2.12 bits per heavy atom. The Morgan fingerprint density at radius 1 is 1.31 bits per heavy atom. The molecule has 0 radical (unpaired) electrons. The molecule has 26 heavy (non-hydrogen) atoms. The number of hydrogen-bond donors (Lipinski definition) is 2. The minimum absolute atomic E-state index is 0.0946.